The molecule has 1 aromatic rings. The average Bonchev–Trinajstić information content (AvgIpc) is 3.01. The van der Waals surface area contributed by atoms with Crippen molar-refractivity contribution >= 4 is 11.6 Å². The van der Waals surface area contributed by atoms with E-state index in [9.17, 15) is 4.79 Å². The number of benzene rings is 1. The van der Waals surface area contributed by atoms with Crippen LogP contribution >= 0.6 is 0 Å². The van der Waals surface area contributed by atoms with Crippen molar-refractivity contribution in [2.45, 2.75) is 12.5 Å². The molecule has 1 amide bonds. The number of hydrogen-bond donors (Lipinski definition) is 1. The lowest BCUT2D eigenvalue weighted by atomic mass is 10.0. The molecule has 0 bridgehead atoms. The molecule has 1 aliphatic heterocycles. The Kier molecular flexibility index (Phi) is 4.81. The van der Waals surface area contributed by atoms with E-state index in [2.05, 4.69) is 17.1 Å². The lowest BCUT2D eigenvalue weighted by Crippen LogP contribution is -2.34. The highest BCUT2D eigenvalue weighted by Crippen LogP contribution is 2.29. The summed E-state index contributed by atoms with van der Waals surface area (Å²) in [5.41, 5.74) is 1.54. The van der Waals surface area contributed by atoms with Gasteiger partial charge in [-0.05, 0) is 18.2 Å². The molecule has 1 N–H and O–H groups in total. The van der Waals surface area contributed by atoms with Gasteiger partial charge in [0.25, 0.3) is 5.91 Å². The van der Waals surface area contributed by atoms with E-state index in [1.807, 2.05) is 12.1 Å². The topological polar surface area (TPSA) is 69.2 Å². The van der Waals surface area contributed by atoms with Crippen molar-refractivity contribution in [2.75, 3.05) is 20.8 Å². The molecule has 0 aliphatic carbocycles. The zero-order chi connectivity index (χ0) is 15.2. The fourth-order valence-corrected chi connectivity index (χ4v) is 1.99. The monoisotopic (exact) mass is 290 g/mol. The van der Waals surface area contributed by atoms with E-state index in [0.717, 1.165) is 5.56 Å². The largest absolute Gasteiger partial charge is 0.493 e. The standard InChI is InChI=1S/C15H18N2O4/c1-4-7-16-15(18)14-9-11(17-21-14)10-5-6-12(19-2)13(8-10)20-3/h4-6,8,14H,1,7,9H2,2-3H3,(H,16,18). The van der Waals surface area contributed by atoms with Crippen LogP contribution in [-0.2, 0) is 9.63 Å². The van der Waals surface area contributed by atoms with Crippen molar-refractivity contribution in [3.05, 3.63) is 36.4 Å². The van der Waals surface area contributed by atoms with E-state index in [-0.39, 0.29) is 5.91 Å². The Bertz CT molecular complexity index is 569. The van der Waals surface area contributed by atoms with Crippen LogP contribution in [0.1, 0.15) is 12.0 Å². The summed E-state index contributed by atoms with van der Waals surface area (Å²) in [5, 5.41) is 6.67. The van der Waals surface area contributed by atoms with Crippen LogP contribution in [0.3, 0.4) is 0 Å². The Labute approximate surface area is 123 Å². The van der Waals surface area contributed by atoms with Crippen LogP contribution in [-0.4, -0.2) is 38.5 Å². The van der Waals surface area contributed by atoms with E-state index in [1.54, 1.807) is 26.4 Å². The molecule has 0 saturated heterocycles. The van der Waals surface area contributed by atoms with Gasteiger partial charge in [0.15, 0.2) is 11.5 Å². The molecule has 0 spiro atoms. The molecule has 2 rings (SSSR count). The Hall–Kier alpha value is -2.50. The molecule has 0 saturated carbocycles. The number of methoxy groups -OCH3 is 2. The van der Waals surface area contributed by atoms with Gasteiger partial charge in [-0.1, -0.05) is 11.2 Å². The molecule has 21 heavy (non-hydrogen) atoms. The first-order chi connectivity index (χ1) is 10.2. The molecule has 0 fully saturated rings. The molecule has 1 aliphatic rings. The van der Waals surface area contributed by atoms with Crippen molar-refractivity contribution in [2.24, 2.45) is 5.16 Å². The second-order valence-electron chi connectivity index (χ2n) is 4.44. The number of hydrogen-bond acceptors (Lipinski definition) is 5. The highest BCUT2D eigenvalue weighted by atomic mass is 16.6. The van der Waals surface area contributed by atoms with Crippen molar-refractivity contribution in [1.82, 2.24) is 5.32 Å². The summed E-state index contributed by atoms with van der Waals surface area (Å²) in [6.45, 7) is 3.95. The van der Waals surface area contributed by atoms with Crippen LogP contribution in [0.2, 0.25) is 0 Å². The van der Waals surface area contributed by atoms with Crippen LogP contribution < -0.4 is 14.8 Å². The Morgan fingerprint density at radius 2 is 2.24 bits per heavy atom. The van der Waals surface area contributed by atoms with E-state index in [0.29, 0.717) is 30.2 Å². The Morgan fingerprint density at radius 3 is 2.90 bits per heavy atom. The number of oxime groups is 1. The third-order valence-corrected chi connectivity index (χ3v) is 3.10. The van der Waals surface area contributed by atoms with E-state index < -0.39 is 6.10 Å². The number of rotatable bonds is 6. The summed E-state index contributed by atoms with van der Waals surface area (Å²) in [7, 11) is 3.15. The van der Waals surface area contributed by atoms with Gasteiger partial charge >= 0.3 is 0 Å². The van der Waals surface area contributed by atoms with Crippen molar-refractivity contribution < 1.29 is 19.1 Å². The summed E-state index contributed by atoms with van der Waals surface area (Å²) in [6.07, 6.45) is 1.43. The molecule has 1 unspecified atom stereocenters. The number of amides is 1. The van der Waals surface area contributed by atoms with Gasteiger partial charge in [0, 0.05) is 18.5 Å². The van der Waals surface area contributed by atoms with Gasteiger partial charge in [-0.15, -0.1) is 6.58 Å². The van der Waals surface area contributed by atoms with Crippen molar-refractivity contribution in [3.63, 3.8) is 0 Å². The molecule has 6 heteroatoms. The fraction of sp³-hybridized carbons (Fsp3) is 0.333. The van der Waals surface area contributed by atoms with E-state index in [4.69, 9.17) is 14.3 Å². The van der Waals surface area contributed by atoms with Gasteiger partial charge in [0.05, 0.1) is 19.9 Å². The van der Waals surface area contributed by atoms with Gasteiger partial charge in [-0.2, -0.15) is 0 Å². The fourth-order valence-electron chi connectivity index (χ4n) is 1.99. The second-order valence-corrected chi connectivity index (χ2v) is 4.44. The minimum Gasteiger partial charge on any atom is -0.493 e. The highest BCUT2D eigenvalue weighted by Gasteiger charge is 2.28. The molecule has 1 heterocycles. The molecule has 0 aromatic heterocycles. The van der Waals surface area contributed by atoms with Gasteiger partial charge in [-0.3, -0.25) is 4.79 Å². The molecular formula is C15H18N2O4. The zero-order valence-electron chi connectivity index (χ0n) is 12.1. The van der Waals surface area contributed by atoms with Gasteiger partial charge in [0.1, 0.15) is 0 Å². The van der Waals surface area contributed by atoms with Gasteiger partial charge < -0.3 is 19.6 Å². The third kappa shape index (κ3) is 3.34. The number of ether oxygens (including phenoxy) is 2. The summed E-state index contributed by atoms with van der Waals surface area (Å²) >= 11 is 0. The van der Waals surface area contributed by atoms with E-state index in [1.165, 1.54) is 0 Å². The lowest BCUT2D eigenvalue weighted by molar-refractivity contribution is -0.130. The van der Waals surface area contributed by atoms with Crippen molar-refractivity contribution in [1.29, 1.82) is 0 Å². The average molecular weight is 290 g/mol. The van der Waals surface area contributed by atoms with E-state index >= 15 is 0 Å². The quantitative estimate of drug-likeness (QED) is 0.806. The maximum atomic E-state index is 11.8. The van der Waals surface area contributed by atoms with Crippen LogP contribution in [0.15, 0.2) is 36.0 Å². The first-order valence-electron chi connectivity index (χ1n) is 6.53. The van der Waals surface area contributed by atoms with Crippen LogP contribution in [0, 0.1) is 0 Å². The molecular weight excluding hydrogens is 272 g/mol. The first-order valence-corrected chi connectivity index (χ1v) is 6.53. The number of nitrogens with zero attached hydrogens (tertiary/aromatic N) is 1. The molecule has 0 radical (unpaired) electrons. The first kappa shape index (κ1) is 14.9. The predicted molar refractivity (Wildman–Crippen MR) is 78.8 cm³/mol. The Morgan fingerprint density at radius 1 is 1.48 bits per heavy atom. The lowest BCUT2D eigenvalue weighted by Gasteiger charge is -2.09. The summed E-state index contributed by atoms with van der Waals surface area (Å²) in [5.74, 6) is 1.05. The normalized spacial score (nSPS) is 16.7. The van der Waals surface area contributed by atoms with Crippen LogP contribution in [0.25, 0.3) is 0 Å². The molecule has 112 valence electrons. The van der Waals surface area contributed by atoms with Gasteiger partial charge in [0.2, 0.25) is 6.10 Å². The zero-order valence-corrected chi connectivity index (χ0v) is 12.1. The summed E-state index contributed by atoms with van der Waals surface area (Å²) in [6, 6.07) is 5.46. The van der Waals surface area contributed by atoms with Crippen LogP contribution in [0.4, 0.5) is 0 Å². The minimum atomic E-state index is -0.604. The third-order valence-electron chi connectivity index (χ3n) is 3.10. The molecule has 6 nitrogen and oxygen atoms in total. The predicted octanol–water partition coefficient (Wildman–Crippen LogP) is 1.50. The number of carbonyl (C=O) groups excluding carboxylic acids is 1. The minimum absolute atomic E-state index is 0.200. The van der Waals surface area contributed by atoms with Crippen LogP contribution in [0.5, 0.6) is 11.5 Å². The van der Waals surface area contributed by atoms with Crippen molar-refractivity contribution in [3.8, 4) is 11.5 Å². The van der Waals surface area contributed by atoms with Gasteiger partial charge in [-0.25, -0.2) is 0 Å². The number of carbonyl (C=O) groups is 1. The maximum absolute atomic E-state index is 11.8. The SMILES string of the molecule is C=CCNC(=O)C1CC(c2ccc(OC)c(OC)c2)=NO1. The molecule has 1 aromatic carbocycles. The summed E-state index contributed by atoms with van der Waals surface area (Å²) in [4.78, 5) is 17.0. The maximum Gasteiger partial charge on any atom is 0.264 e. The Balaban J connectivity index is 2.07. The highest BCUT2D eigenvalue weighted by molar-refractivity contribution is 6.04. The number of nitrogens with one attached hydrogen (secondary N) is 1. The second kappa shape index (κ2) is 6.78. The summed E-state index contributed by atoms with van der Waals surface area (Å²) < 4.78 is 10.4. The smallest absolute Gasteiger partial charge is 0.264 e. The molecule has 1 atom stereocenters.